The Morgan fingerprint density at radius 1 is 1.36 bits per heavy atom. The lowest BCUT2D eigenvalue weighted by Crippen LogP contribution is -2.30. The first-order chi connectivity index (χ1) is 12.1. The Balaban J connectivity index is 1.69. The molecular weight excluding hydrogens is 336 g/mol. The molecule has 25 heavy (non-hydrogen) atoms. The van der Waals surface area contributed by atoms with E-state index in [0.29, 0.717) is 23.4 Å². The van der Waals surface area contributed by atoms with Crippen molar-refractivity contribution in [2.45, 2.75) is 32.1 Å². The Morgan fingerprint density at radius 3 is 2.80 bits per heavy atom. The minimum absolute atomic E-state index is 0.0855. The summed E-state index contributed by atoms with van der Waals surface area (Å²) >= 11 is 6.29. The number of benzene rings is 1. The SMILES string of the molecule is Cc1ccc(-n2ncc(C(=O)N3CC[C@@H](CN)C3)c2C2CC2)cc1Cl. The standard InChI is InChI=1S/C19H23ClN4O/c1-12-2-5-15(8-17(12)20)24-18(14-3-4-14)16(10-22-24)19(25)23-7-6-13(9-21)11-23/h2,5,8,10,13-14H,3-4,6-7,9,11,21H2,1H3/t13-/m0/s1. The predicted molar refractivity (Wildman–Crippen MR) is 98.4 cm³/mol. The molecule has 0 bridgehead atoms. The van der Waals surface area contributed by atoms with Gasteiger partial charge in [0.05, 0.1) is 23.1 Å². The van der Waals surface area contributed by atoms with Crippen molar-refractivity contribution in [3.63, 3.8) is 0 Å². The van der Waals surface area contributed by atoms with Gasteiger partial charge in [-0.05, 0) is 56.3 Å². The van der Waals surface area contributed by atoms with Crippen LogP contribution in [-0.4, -0.2) is 40.2 Å². The average Bonchev–Trinajstić information content (AvgIpc) is 3.18. The van der Waals surface area contributed by atoms with Gasteiger partial charge in [-0.2, -0.15) is 5.10 Å². The Labute approximate surface area is 152 Å². The molecule has 1 aliphatic heterocycles. The third kappa shape index (κ3) is 3.07. The van der Waals surface area contributed by atoms with Crippen LogP contribution in [0, 0.1) is 12.8 Å². The van der Waals surface area contributed by atoms with Crippen molar-refractivity contribution in [2.24, 2.45) is 11.7 Å². The lowest BCUT2D eigenvalue weighted by Gasteiger charge is -2.17. The van der Waals surface area contributed by atoms with Gasteiger partial charge in [0.25, 0.3) is 5.91 Å². The molecule has 2 heterocycles. The Bertz CT molecular complexity index is 812. The van der Waals surface area contributed by atoms with Crippen molar-refractivity contribution in [1.82, 2.24) is 14.7 Å². The normalized spacial score (nSPS) is 20.3. The summed E-state index contributed by atoms with van der Waals surface area (Å²) < 4.78 is 1.90. The fourth-order valence-electron chi connectivity index (χ4n) is 3.57. The summed E-state index contributed by atoms with van der Waals surface area (Å²) in [6, 6.07) is 5.92. The van der Waals surface area contributed by atoms with Crippen molar-refractivity contribution in [3.05, 3.63) is 46.2 Å². The van der Waals surface area contributed by atoms with Gasteiger partial charge in [0, 0.05) is 24.0 Å². The highest BCUT2D eigenvalue weighted by atomic mass is 35.5. The summed E-state index contributed by atoms with van der Waals surface area (Å²) in [5.74, 6) is 0.913. The van der Waals surface area contributed by atoms with Crippen LogP contribution in [0.1, 0.15) is 46.8 Å². The smallest absolute Gasteiger partial charge is 0.257 e. The fourth-order valence-corrected chi connectivity index (χ4v) is 3.75. The van der Waals surface area contributed by atoms with Crippen molar-refractivity contribution in [2.75, 3.05) is 19.6 Å². The molecule has 0 unspecified atom stereocenters. The maximum Gasteiger partial charge on any atom is 0.257 e. The number of halogens is 1. The summed E-state index contributed by atoms with van der Waals surface area (Å²) in [5, 5.41) is 5.25. The molecule has 6 heteroatoms. The first-order valence-corrected chi connectivity index (χ1v) is 9.30. The van der Waals surface area contributed by atoms with E-state index in [0.717, 1.165) is 54.9 Å². The second kappa shape index (κ2) is 6.46. The van der Waals surface area contributed by atoms with Crippen LogP contribution in [0.2, 0.25) is 5.02 Å². The van der Waals surface area contributed by atoms with Gasteiger partial charge >= 0.3 is 0 Å². The van der Waals surface area contributed by atoms with E-state index >= 15 is 0 Å². The first-order valence-electron chi connectivity index (χ1n) is 8.92. The van der Waals surface area contributed by atoms with Gasteiger partial charge in [0.2, 0.25) is 0 Å². The summed E-state index contributed by atoms with van der Waals surface area (Å²) in [4.78, 5) is 15.0. The largest absolute Gasteiger partial charge is 0.338 e. The fraction of sp³-hybridized carbons (Fsp3) is 0.474. The molecule has 5 nitrogen and oxygen atoms in total. The molecule has 1 saturated carbocycles. The molecule has 2 fully saturated rings. The van der Waals surface area contributed by atoms with Crippen LogP contribution in [0.3, 0.4) is 0 Å². The molecule has 1 aromatic carbocycles. The summed E-state index contributed by atoms with van der Waals surface area (Å²) in [5.41, 5.74) is 9.47. The second-order valence-corrected chi connectivity index (χ2v) is 7.61. The average molecular weight is 359 g/mol. The number of amides is 1. The number of hydrogen-bond donors (Lipinski definition) is 1. The highest BCUT2D eigenvalue weighted by Gasteiger charge is 2.35. The van der Waals surface area contributed by atoms with Crippen molar-refractivity contribution in [1.29, 1.82) is 0 Å². The van der Waals surface area contributed by atoms with E-state index in [1.165, 1.54) is 0 Å². The van der Waals surface area contributed by atoms with Gasteiger partial charge in [-0.15, -0.1) is 0 Å². The number of hydrogen-bond acceptors (Lipinski definition) is 3. The van der Waals surface area contributed by atoms with Gasteiger partial charge in [-0.3, -0.25) is 4.79 Å². The second-order valence-electron chi connectivity index (χ2n) is 7.20. The number of aromatic nitrogens is 2. The molecule has 2 N–H and O–H groups in total. The minimum Gasteiger partial charge on any atom is -0.338 e. The topological polar surface area (TPSA) is 64.2 Å². The molecule has 0 spiro atoms. The van der Waals surface area contributed by atoms with Gasteiger partial charge < -0.3 is 10.6 Å². The summed E-state index contributed by atoms with van der Waals surface area (Å²) in [6.07, 6.45) is 4.93. The summed E-state index contributed by atoms with van der Waals surface area (Å²) in [6.45, 7) is 4.15. The van der Waals surface area contributed by atoms with Crippen LogP contribution in [0.25, 0.3) is 5.69 Å². The molecule has 4 rings (SSSR count). The number of rotatable bonds is 4. The van der Waals surface area contributed by atoms with Crippen LogP contribution in [0.15, 0.2) is 24.4 Å². The van der Waals surface area contributed by atoms with E-state index in [-0.39, 0.29) is 5.91 Å². The molecule has 1 aromatic heterocycles. The van der Waals surface area contributed by atoms with Crippen molar-refractivity contribution in [3.8, 4) is 5.69 Å². The zero-order valence-corrected chi connectivity index (χ0v) is 15.2. The van der Waals surface area contributed by atoms with E-state index < -0.39 is 0 Å². The lowest BCUT2D eigenvalue weighted by atomic mass is 10.1. The van der Waals surface area contributed by atoms with E-state index in [9.17, 15) is 4.79 Å². The molecule has 2 aliphatic rings. The van der Waals surface area contributed by atoms with Crippen LogP contribution in [0.4, 0.5) is 0 Å². The molecule has 0 radical (unpaired) electrons. The van der Waals surface area contributed by atoms with Crippen LogP contribution in [-0.2, 0) is 0 Å². The number of aryl methyl sites for hydroxylation is 1. The van der Waals surface area contributed by atoms with Gasteiger partial charge in [0.15, 0.2) is 0 Å². The Morgan fingerprint density at radius 2 is 2.16 bits per heavy atom. The molecule has 2 aromatic rings. The highest BCUT2D eigenvalue weighted by Crippen LogP contribution is 2.43. The lowest BCUT2D eigenvalue weighted by molar-refractivity contribution is 0.0786. The molecule has 1 atom stereocenters. The van der Waals surface area contributed by atoms with Gasteiger partial charge in [-0.1, -0.05) is 17.7 Å². The van der Waals surface area contributed by atoms with Gasteiger partial charge in [0.1, 0.15) is 0 Å². The monoisotopic (exact) mass is 358 g/mol. The maximum atomic E-state index is 13.0. The van der Waals surface area contributed by atoms with Crippen LogP contribution < -0.4 is 5.73 Å². The van der Waals surface area contributed by atoms with Gasteiger partial charge in [-0.25, -0.2) is 4.68 Å². The van der Waals surface area contributed by atoms with E-state index in [4.69, 9.17) is 17.3 Å². The predicted octanol–water partition coefficient (Wildman–Crippen LogP) is 3.13. The van der Waals surface area contributed by atoms with Crippen LogP contribution in [0.5, 0.6) is 0 Å². The third-order valence-electron chi connectivity index (χ3n) is 5.31. The van der Waals surface area contributed by atoms with Crippen molar-refractivity contribution >= 4 is 17.5 Å². The molecule has 1 aliphatic carbocycles. The molecule has 132 valence electrons. The van der Waals surface area contributed by atoms with E-state index in [1.54, 1.807) is 6.20 Å². The molecule has 1 amide bonds. The highest BCUT2D eigenvalue weighted by molar-refractivity contribution is 6.31. The maximum absolute atomic E-state index is 13.0. The number of nitrogens with zero attached hydrogens (tertiary/aromatic N) is 3. The number of carbonyl (C=O) groups excluding carboxylic acids is 1. The first kappa shape index (κ1) is 16.6. The Kier molecular flexibility index (Phi) is 4.29. The number of nitrogens with two attached hydrogens (primary N) is 1. The van der Waals surface area contributed by atoms with Crippen LogP contribution >= 0.6 is 11.6 Å². The van der Waals surface area contributed by atoms with Crippen molar-refractivity contribution < 1.29 is 4.79 Å². The quantitative estimate of drug-likeness (QED) is 0.913. The molecular formula is C19H23ClN4O. The number of likely N-dealkylation sites (tertiary alicyclic amines) is 1. The third-order valence-corrected chi connectivity index (χ3v) is 5.71. The zero-order chi connectivity index (χ0) is 17.6. The number of carbonyl (C=O) groups is 1. The zero-order valence-electron chi connectivity index (χ0n) is 14.4. The Hall–Kier alpha value is -1.85. The van der Waals surface area contributed by atoms with E-state index in [2.05, 4.69) is 5.10 Å². The minimum atomic E-state index is 0.0855. The van der Waals surface area contributed by atoms with E-state index in [1.807, 2.05) is 34.7 Å². The molecule has 1 saturated heterocycles. The summed E-state index contributed by atoms with van der Waals surface area (Å²) in [7, 11) is 0.